The van der Waals surface area contributed by atoms with Crippen LogP contribution in [0.5, 0.6) is 5.88 Å². The fraction of sp³-hybridized carbons (Fsp3) is 0. The smallest absolute Gasteiger partial charge is 0.344 e. The Morgan fingerprint density at radius 2 is 1.77 bits per heavy atom. The number of benzene rings is 3. The van der Waals surface area contributed by atoms with Crippen LogP contribution < -0.4 is 10.1 Å². The molecule has 0 aliphatic rings. The molecule has 0 saturated heterocycles. The van der Waals surface area contributed by atoms with E-state index in [9.17, 15) is 4.79 Å². The predicted molar refractivity (Wildman–Crippen MR) is 102 cm³/mol. The molecular weight excluding hydrogens is 350 g/mol. The van der Waals surface area contributed by atoms with Crippen LogP contribution in [0.3, 0.4) is 0 Å². The third-order valence-electron chi connectivity index (χ3n) is 3.88. The fourth-order valence-corrected chi connectivity index (χ4v) is 2.77. The van der Waals surface area contributed by atoms with E-state index in [2.05, 4.69) is 15.5 Å². The highest BCUT2D eigenvalue weighted by Gasteiger charge is 2.14. The van der Waals surface area contributed by atoms with E-state index >= 15 is 0 Å². The lowest BCUT2D eigenvalue weighted by Gasteiger charge is -2.08. The number of ether oxygens (including phenoxy) is 1. The number of aromatic nitrogens is 2. The molecule has 3 aromatic carbocycles. The highest BCUT2D eigenvalue weighted by Crippen LogP contribution is 2.29. The Balaban J connectivity index is 1.58. The molecule has 1 aromatic heterocycles. The lowest BCUT2D eigenvalue weighted by atomic mass is 10.2. The standard InChI is InChI=1S/C20H14ClN3O2/c21-16-8-4-5-9-17(16)22-14-10-11-15-18(12-14)23-24-19(15)26-20(25)13-6-2-1-3-7-13/h1-12,22H,(H,23,24). The predicted octanol–water partition coefficient (Wildman–Crippen LogP) is 5.18. The van der Waals surface area contributed by atoms with Crippen molar-refractivity contribution in [2.24, 2.45) is 0 Å². The Morgan fingerprint density at radius 1 is 1.00 bits per heavy atom. The van der Waals surface area contributed by atoms with Crippen molar-refractivity contribution >= 4 is 39.8 Å². The third kappa shape index (κ3) is 3.25. The zero-order chi connectivity index (χ0) is 17.9. The van der Waals surface area contributed by atoms with Crippen molar-refractivity contribution in [3.63, 3.8) is 0 Å². The Morgan fingerprint density at radius 3 is 2.58 bits per heavy atom. The number of nitrogens with zero attached hydrogens (tertiary/aromatic N) is 1. The van der Waals surface area contributed by atoms with Crippen molar-refractivity contribution in [1.82, 2.24) is 10.2 Å². The van der Waals surface area contributed by atoms with Crippen LogP contribution in [0.1, 0.15) is 10.4 Å². The number of rotatable bonds is 4. The maximum atomic E-state index is 12.2. The van der Waals surface area contributed by atoms with E-state index in [1.54, 1.807) is 24.3 Å². The molecule has 0 atom stereocenters. The molecule has 128 valence electrons. The zero-order valence-corrected chi connectivity index (χ0v) is 14.3. The van der Waals surface area contributed by atoms with E-state index in [0.29, 0.717) is 10.6 Å². The first-order valence-electron chi connectivity index (χ1n) is 7.97. The molecule has 4 aromatic rings. The Bertz CT molecular complexity index is 1080. The zero-order valence-electron chi connectivity index (χ0n) is 13.6. The van der Waals surface area contributed by atoms with E-state index < -0.39 is 5.97 Å². The Labute approximate surface area is 154 Å². The van der Waals surface area contributed by atoms with Gasteiger partial charge in [0.05, 0.1) is 27.2 Å². The number of H-pyrrole nitrogens is 1. The van der Waals surface area contributed by atoms with Crippen molar-refractivity contribution in [2.75, 3.05) is 5.32 Å². The molecule has 26 heavy (non-hydrogen) atoms. The monoisotopic (exact) mass is 363 g/mol. The second-order valence-electron chi connectivity index (χ2n) is 5.65. The maximum absolute atomic E-state index is 12.2. The van der Waals surface area contributed by atoms with Gasteiger partial charge in [0.15, 0.2) is 0 Å². The first kappa shape index (κ1) is 16.2. The molecule has 5 nitrogen and oxygen atoms in total. The van der Waals surface area contributed by atoms with Gasteiger partial charge in [0.2, 0.25) is 5.88 Å². The van der Waals surface area contributed by atoms with E-state index in [1.807, 2.05) is 48.5 Å². The molecule has 0 saturated carbocycles. The first-order valence-corrected chi connectivity index (χ1v) is 8.35. The molecule has 0 bridgehead atoms. The van der Waals surface area contributed by atoms with E-state index in [0.717, 1.165) is 22.3 Å². The molecule has 1 heterocycles. The SMILES string of the molecule is O=C(Oc1n[nH]c2cc(Nc3ccccc3Cl)ccc12)c1ccccc1. The maximum Gasteiger partial charge on any atom is 0.344 e. The number of nitrogens with one attached hydrogen (secondary N) is 2. The summed E-state index contributed by atoms with van der Waals surface area (Å²) in [6.45, 7) is 0. The van der Waals surface area contributed by atoms with Crippen molar-refractivity contribution in [3.05, 3.63) is 83.4 Å². The van der Waals surface area contributed by atoms with Crippen LogP contribution >= 0.6 is 11.6 Å². The minimum absolute atomic E-state index is 0.248. The second kappa shape index (κ2) is 6.90. The number of hydrogen-bond donors (Lipinski definition) is 2. The number of hydrogen-bond acceptors (Lipinski definition) is 4. The van der Waals surface area contributed by atoms with Gasteiger partial charge in [0.1, 0.15) is 0 Å². The first-order chi connectivity index (χ1) is 12.7. The van der Waals surface area contributed by atoms with Gasteiger partial charge in [-0.2, -0.15) is 0 Å². The van der Waals surface area contributed by atoms with Crippen molar-refractivity contribution in [1.29, 1.82) is 0 Å². The molecule has 0 unspecified atom stereocenters. The van der Waals surface area contributed by atoms with Gasteiger partial charge < -0.3 is 10.1 Å². The molecule has 6 heteroatoms. The Kier molecular flexibility index (Phi) is 4.29. The lowest BCUT2D eigenvalue weighted by molar-refractivity contribution is 0.0729. The van der Waals surface area contributed by atoms with Gasteiger partial charge in [-0.1, -0.05) is 41.9 Å². The summed E-state index contributed by atoms with van der Waals surface area (Å²) in [5, 5.41) is 11.6. The van der Waals surface area contributed by atoms with Gasteiger partial charge in [0.25, 0.3) is 0 Å². The molecule has 0 fully saturated rings. The number of fused-ring (bicyclic) bond motifs is 1. The van der Waals surface area contributed by atoms with Gasteiger partial charge in [-0.25, -0.2) is 4.79 Å². The average molecular weight is 364 g/mol. The van der Waals surface area contributed by atoms with Gasteiger partial charge >= 0.3 is 5.97 Å². The number of para-hydroxylation sites is 1. The molecule has 0 radical (unpaired) electrons. The Hall–Kier alpha value is -3.31. The summed E-state index contributed by atoms with van der Waals surface area (Å²) in [5.74, 6) is -0.199. The van der Waals surface area contributed by atoms with Gasteiger partial charge in [-0.05, 0) is 42.5 Å². The van der Waals surface area contributed by atoms with Crippen LogP contribution in [0.15, 0.2) is 72.8 Å². The topological polar surface area (TPSA) is 67.0 Å². The summed E-state index contributed by atoms with van der Waals surface area (Å²) >= 11 is 6.17. The van der Waals surface area contributed by atoms with E-state index in [4.69, 9.17) is 16.3 Å². The molecule has 0 aliphatic carbocycles. The molecular formula is C20H14ClN3O2. The number of esters is 1. The van der Waals surface area contributed by atoms with Crippen LogP contribution in [0.4, 0.5) is 11.4 Å². The fourth-order valence-electron chi connectivity index (χ4n) is 2.59. The molecule has 4 rings (SSSR count). The summed E-state index contributed by atoms with van der Waals surface area (Å²) in [5.41, 5.74) is 2.87. The van der Waals surface area contributed by atoms with Gasteiger partial charge in [-0.15, -0.1) is 5.10 Å². The number of carbonyl (C=O) groups is 1. The van der Waals surface area contributed by atoms with Crippen LogP contribution in [-0.4, -0.2) is 16.2 Å². The summed E-state index contributed by atoms with van der Waals surface area (Å²) < 4.78 is 5.41. The quantitative estimate of drug-likeness (QED) is 0.490. The van der Waals surface area contributed by atoms with E-state index in [1.165, 1.54) is 0 Å². The summed E-state index contributed by atoms with van der Waals surface area (Å²) in [6, 6.07) is 21.9. The van der Waals surface area contributed by atoms with Crippen molar-refractivity contribution in [2.45, 2.75) is 0 Å². The van der Waals surface area contributed by atoms with Crippen molar-refractivity contribution in [3.8, 4) is 5.88 Å². The highest BCUT2D eigenvalue weighted by atomic mass is 35.5. The van der Waals surface area contributed by atoms with Gasteiger partial charge in [-0.3, -0.25) is 5.10 Å². The van der Waals surface area contributed by atoms with Crippen LogP contribution in [0.25, 0.3) is 10.9 Å². The van der Waals surface area contributed by atoms with Crippen LogP contribution in [0.2, 0.25) is 5.02 Å². The van der Waals surface area contributed by atoms with Gasteiger partial charge in [0, 0.05) is 5.69 Å². The number of aromatic amines is 1. The normalized spacial score (nSPS) is 10.7. The lowest BCUT2D eigenvalue weighted by Crippen LogP contribution is -2.08. The minimum atomic E-state index is -0.447. The molecule has 0 spiro atoms. The second-order valence-corrected chi connectivity index (χ2v) is 6.06. The number of anilines is 2. The summed E-state index contributed by atoms with van der Waals surface area (Å²) in [4.78, 5) is 12.2. The number of carbonyl (C=O) groups excluding carboxylic acids is 1. The molecule has 0 aliphatic heterocycles. The van der Waals surface area contributed by atoms with Crippen LogP contribution in [-0.2, 0) is 0 Å². The largest absolute Gasteiger partial charge is 0.402 e. The van der Waals surface area contributed by atoms with E-state index in [-0.39, 0.29) is 5.88 Å². The molecule has 0 amide bonds. The van der Waals surface area contributed by atoms with Crippen LogP contribution in [0, 0.1) is 0 Å². The minimum Gasteiger partial charge on any atom is -0.402 e. The molecule has 2 N–H and O–H groups in total. The summed E-state index contributed by atoms with van der Waals surface area (Å²) in [7, 11) is 0. The van der Waals surface area contributed by atoms with Crippen molar-refractivity contribution < 1.29 is 9.53 Å². The average Bonchev–Trinajstić information content (AvgIpc) is 3.06. The summed E-state index contributed by atoms with van der Waals surface area (Å²) in [6.07, 6.45) is 0. The third-order valence-corrected chi connectivity index (χ3v) is 4.21. The highest BCUT2D eigenvalue weighted by molar-refractivity contribution is 6.33. The number of halogens is 1.